The summed E-state index contributed by atoms with van der Waals surface area (Å²) in [5, 5.41) is 3.17. The second-order valence-corrected chi connectivity index (χ2v) is 11.6. The molecule has 226 valence electrons. The van der Waals surface area contributed by atoms with E-state index in [2.05, 4.69) is 57.1 Å². The number of benzene rings is 2. The lowest BCUT2D eigenvalue weighted by molar-refractivity contribution is 0.0944. The summed E-state index contributed by atoms with van der Waals surface area (Å²) < 4.78 is 10.8. The van der Waals surface area contributed by atoms with Gasteiger partial charge in [0.25, 0.3) is 5.91 Å². The predicted octanol–water partition coefficient (Wildman–Crippen LogP) is 6.35. The van der Waals surface area contributed by atoms with Crippen molar-refractivity contribution in [3.63, 3.8) is 0 Å². The summed E-state index contributed by atoms with van der Waals surface area (Å²) >= 11 is 0. The Kier molecular flexibility index (Phi) is 9.77. The van der Waals surface area contributed by atoms with Crippen LogP contribution in [0, 0.1) is 20.8 Å². The highest BCUT2D eigenvalue weighted by Crippen LogP contribution is 2.29. The number of anilines is 1. The maximum atomic E-state index is 13.1. The third kappa shape index (κ3) is 7.25. The van der Waals surface area contributed by atoms with E-state index in [9.17, 15) is 4.79 Å². The fourth-order valence-corrected chi connectivity index (χ4v) is 6.17. The van der Waals surface area contributed by atoms with E-state index in [0.717, 1.165) is 66.9 Å². The number of hydrogen-bond donors (Lipinski definition) is 1. The predicted molar refractivity (Wildman–Crippen MR) is 171 cm³/mol. The Bertz CT molecular complexity index is 1470. The third-order valence-electron chi connectivity index (χ3n) is 8.74. The van der Waals surface area contributed by atoms with Crippen molar-refractivity contribution in [2.24, 2.45) is 0 Å². The molecule has 5 rings (SSSR count). The van der Waals surface area contributed by atoms with E-state index in [1.807, 2.05) is 50.5 Å². The number of rotatable bonds is 11. The third-order valence-corrected chi connectivity index (χ3v) is 8.74. The number of amides is 1. The highest BCUT2D eigenvalue weighted by atomic mass is 16.5. The second-order valence-electron chi connectivity index (χ2n) is 11.6. The lowest BCUT2D eigenvalue weighted by atomic mass is 9.98. The first-order valence-corrected chi connectivity index (χ1v) is 15.2. The van der Waals surface area contributed by atoms with Crippen molar-refractivity contribution in [2.75, 3.05) is 31.6 Å². The number of likely N-dealkylation sites (tertiary alicyclic amines) is 1. The molecular formula is C35H43N5O3. The van der Waals surface area contributed by atoms with Crippen LogP contribution in [0.4, 0.5) is 5.69 Å². The van der Waals surface area contributed by atoms with Gasteiger partial charge < -0.3 is 24.3 Å². The minimum Gasteiger partial charge on any atom is -0.497 e. The van der Waals surface area contributed by atoms with Crippen LogP contribution in [-0.4, -0.2) is 59.6 Å². The maximum absolute atomic E-state index is 13.1. The smallest absolute Gasteiger partial charge is 0.251 e. The average Bonchev–Trinajstić information content (AvgIpc) is 3.56. The van der Waals surface area contributed by atoms with Gasteiger partial charge in [-0.1, -0.05) is 0 Å². The van der Waals surface area contributed by atoms with Gasteiger partial charge in [0.2, 0.25) is 5.89 Å². The Morgan fingerprint density at radius 3 is 2.42 bits per heavy atom. The van der Waals surface area contributed by atoms with Crippen LogP contribution < -0.4 is 15.0 Å². The Balaban J connectivity index is 1.16. The summed E-state index contributed by atoms with van der Waals surface area (Å²) in [6, 6.07) is 15.2. The Morgan fingerprint density at radius 1 is 1.07 bits per heavy atom. The molecule has 1 fully saturated rings. The number of pyridine rings is 1. The molecule has 1 N–H and O–H groups in total. The molecule has 8 nitrogen and oxygen atoms in total. The van der Waals surface area contributed by atoms with Gasteiger partial charge >= 0.3 is 0 Å². The molecule has 8 heteroatoms. The zero-order chi connectivity index (χ0) is 30.3. The van der Waals surface area contributed by atoms with Gasteiger partial charge in [-0.25, -0.2) is 4.98 Å². The number of methoxy groups -OCH3 is 1. The lowest BCUT2D eigenvalue weighted by Crippen LogP contribution is -2.48. The van der Waals surface area contributed by atoms with Crippen molar-refractivity contribution in [3.05, 3.63) is 95.1 Å². The number of ether oxygens (including phenoxy) is 1. The van der Waals surface area contributed by atoms with Gasteiger partial charge in [-0.3, -0.25) is 9.78 Å². The minimum absolute atomic E-state index is 0.0271. The lowest BCUT2D eigenvalue weighted by Gasteiger charge is -2.42. The monoisotopic (exact) mass is 581 g/mol. The van der Waals surface area contributed by atoms with Crippen LogP contribution in [0.25, 0.3) is 11.5 Å². The summed E-state index contributed by atoms with van der Waals surface area (Å²) in [5.41, 5.74) is 7.17. The fourth-order valence-electron chi connectivity index (χ4n) is 6.17. The van der Waals surface area contributed by atoms with Crippen LogP contribution in [0.15, 0.2) is 71.7 Å². The number of carbonyl (C=O) groups excluding carboxylic acids is 1. The second kappa shape index (κ2) is 13.9. The van der Waals surface area contributed by atoms with Crippen molar-refractivity contribution in [1.82, 2.24) is 20.2 Å². The van der Waals surface area contributed by atoms with E-state index >= 15 is 0 Å². The molecule has 1 aliphatic rings. The van der Waals surface area contributed by atoms with E-state index in [1.54, 1.807) is 19.6 Å². The Hall–Kier alpha value is -4.17. The summed E-state index contributed by atoms with van der Waals surface area (Å²) in [5.74, 6) is 1.40. The van der Waals surface area contributed by atoms with E-state index in [0.29, 0.717) is 24.5 Å². The molecule has 1 saturated heterocycles. The zero-order valence-corrected chi connectivity index (χ0v) is 26.0. The van der Waals surface area contributed by atoms with Crippen LogP contribution in [-0.2, 0) is 6.54 Å². The quantitative estimate of drug-likeness (QED) is 0.221. The molecule has 0 bridgehead atoms. The SMILES string of the molecule is COc1ccc(N(Cc2cnccc2C)C2CCN([C@H](C)CCNC(=O)c3c(C)cc(-c4ncco4)cc3C)CC2)cc1. The van der Waals surface area contributed by atoms with Gasteiger partial charge in [-0.2, -0.15) is 0 Å². The van der Waals surface area contributed by atoms with Gasteiger partial charge in [0.15, 0.2) is 0 Å². The standard InChI is InChI=1S/C35H43N5O3/c1-24-10-14-36-22-29(24)23-40(30-6-8-32(42-5)9-7-30)31-12-17-39(18-13-31)27(4)11-15-37-34(41)33-25(2)20-28(21-26(33)3)35-38-16-19-43-35/h6-10,14,16,19-22,27,31H,11-13,15,17-18,23H2,1-5H3,(H,37,41)/t27-/m1/s1. The van der Waals surface area contributed by atoms with Crippen molar-refractivity contribution >= 4 is 11.6 Å². The summed E-state index contributed by atoms with van der Waals surface area (Å²) in [6.45, 7) is 11.9. The average molecular weight is 582 g/mol. The summed E-state index contributed by atoms with van der Waals surface area (Å²) in [7, 11) is 1.70. The van der Waals surface area contributed by atoms with E-state index < -0.39 is 0 Å². The number of carbonyl (C=O) groups is 1. The largest absolute Gasteiger partial charge is 0.497 e. The Morgan fingerprint density at radius 2 is 1.79 bits per heavy atom. The molecule has 0 radical (unpaired) electrons. The Labute approximate surface area is 255 Å². The highest BCUT2D eigenvalue weighted by molar-refractivity contribution is 5.97. The van der Waals surface area contributed by atoms with Crippen LogP contribution in [0.2, 0.25) is 0 Å². The molecule has 3 heterocycles. The van der Waals surface area contributed by atoms with Crippen molar-refractivity contribution < 1.29 is 13.9 Å². The van der Waals surface area contributed by atoms with Gasteiger partial charge in [-0.05, 0) is 112 Å². The number of oxazole rings is 1. The first-order valence-electron chi connectivity index (χ1n) is 15.2. The summed E-state index contributed by atoms with van der Waals surface area (Å²) in [4.78, 5) is 26.8. The minimum atomic E-state index is -0.0271. The zero-order valence-electron chi connectivity index (χ0n) is 26.0. The number of nitrogens with one attached hydrogen (secondary N) is 1. The topological polar surface area (TPSA) is 83.7 Å². The van der Waals surface area contributed by atoms with Gasteiger partial charge in [0.05, 0.1) is 13.3 Å². The highest BCUT2D eigenvalue weighted by Gasteiger charge is 2.28. The van der Waals surface area contributed by atoms with Crippen molar-refractivity contribution in [1.29, 1.82) is 0 Å². The van der Waals surface area contributed by atoms with Crippen LogP contribution in [0.5, 0.6) is 5.75 Å². The first-order chi connectivity index (χ1) is 20.8. The number of aryl methyl sites for hydroxylation is 3. The molecule has 0 aliphatic carbocycles. The van der Waals surface area contributed by atoms with Gasteiger partial charge in [0.1, 0.15) is 12.0 Å². The normalized spacial score (nSPS) is 14.8. The molecule has 1 amide bonds. The molecule has 2 aromatic carbocycles. The first kappa shape index (κ1) is 30.3. The number of aromatic nitrogens is 2. The van der Waals surface area contributed by atoms with Crippen molar-refractivity contribution in [3.8, 4) is 17.2 Å². The van der Waals surface area contributed by atoms with E-state index in [4.69, 9.17) is 9.15 Å². The number of nitrogens with zero attached hydrogens (tertiary/aromatic N) is 4. The van der Waals surface area contributed by atoms with E-state index in [1.165, 1.54) is 16.8 Å². The molecule has 0 spiro atoms. The maximum Gasteiger partial charge on any atom is 0.251 e. The fraction of sp³-hybridized carbons (Fsp3) is 0.400. The molecule has 4 aromatic rings. The van der Waals surface area contributed by atoms with Crippen LogP contribution >= 0.6 is 0 Å². The molecule has 0 unspecified atom stereocenters. The molecule has 1 atom stereocenters. The summed E-state index contributed by atoms with van der Waals surface area (Å²) in [6.07, 6.45) is 10.1. The van der Waals surface area contributed by atoms with Gasteiger partial charge in [0, 0.05) is 67.5 Å². The van der Waals surface area contributed by atoms with Gasteiger partial charge in [-0.15, -0.1) is 0 Å². The number of piperidine rings is 1. The van der Waals surface area contributed by atoms with E-state index in [-0.39, 0.29) is 5.91 Å². The van der Waals surface area contributed by atoms with Crippen molar-refractivity contribution in [2.45, 2.75) is 65.6 Å². The molecule has 1 aliphatic heterocycles. The van der Waals surface area contributed by atoms with Crippen LogP contribution in [0.3, 0.4) is 0 Å². The molecule has 2 aromatic heterocycles. The number of hydrogen-bond acceptors (Lipinski definition) is 7. The molecule has 0 saturated carbocycles. The molecular weight excluding hydrogens is 538 g/mol. The molecule has 43 heavy (non-hydrogen) atoms. The van der Waals surface area contributed by atoms with Crippen LogP contribution in [0.1, 0.15) is 58.8 Å².